The zero-order chi connectivity index (χ0) is 18.1. The summed E-state index contributed by atoms with van der Waals surface area (Å²) in [6.07, 6.45) is 0. The van der Waals surface area contributed by atoms with Gasteiger partial charge in [-0.15, -0.1) is 11.3 Å². The van der Waals surface area contributed by atoms with E-state index in [-0.39, 0.29) is 11.5 Å². The summed E-state index contributed by atoms with van der Waals surface area (Å²) in [5.74, 6) is 1.33. The molecule has 26 heavy (non-hydrogen) atoms. The van der Waals surface area contributed by atoms with E-state index in [1.807, 2.05) is 30.3 Å². The Bertz CT molecular complexity index is 1090. The number of carbonyl (C=O) groups is 1. The lowest BCUT2D eigenvalue weighted by Gasteiger charge is -2.05. The number of hydrogen-bond donors (Lipinski definition) is 1. The fourth-order valence-electron chi connectivity index (χ4n) is 2.47. The fourth-order valence-corrected chi connectivity index (χ4v) is 3.97. The molecule has 4 aromatic rings. The summed E-state index contributed by atoms with van der Waals surface area (Å²) < 4.78 is 7.07. The molecule has 0 aliphatic rings. The van der Waals surface area contributed by atoms with Crippen molar-refractivity contribution in [1.82, 2.24) is 4.98 Å². The highest BCUT2D eigenvalue weighted by Crippen LogP contribution is 2.35. The van der Waals surface area contributed by atoms with Gasteiger partial charge in [0.25, 0.3) is 0 Å². The summed E-state index contributed by atoms with van der Waals surface area (Å²) in [7, 11) is 0. The van der Waals surface area contributed by atoms with E-state index in [4.69, 9.17) is 4.74 Å². The van der Waals surface area contributed by atoms with E-state index in [0.29, 0.717) is 26.3 Å². The van der Waals surface area contributed by atoms with Crippen LogP contribution in [0.2, 0.25) is 0 Å². The van der Waals surface area contributed by atoms with Crippen LogP contribution in [0.15, 0.2) is 71.2 Å². The van der Waals surface area contributed by atoms with Crippen LogP contribution in [0.5, 0.6) is 17.2 Å². The zero-order valence-corrected chi connectivity index (χ0v) is 15.8. The number of aromatic nitrogens is 1. The lowest BCUT2D eigenvalue weighted by Crippen LogP contribution is -2.00. The third-order valence-electron chi connectivity index (χ3n) is 3.77. The van der Waals surface area contributed by atoms with Crippen molar-refractivity contribution in [3.63, 3.8) is 0 Å². The average Bonchev–Trinajstić information content (AvgIpc) is 3.11. The molecule has 0 amide bonds. The van der Waals surface area contributed by atoms with Crippen LogP contribution >= 0.6 is 27.3 Å². The van der Waals surface area contributed by atoms with E-state index in [0.717, 1.165) is 10.4 Å². The first kappa shape index (κ1) is 16.8. The van der Waals surface area contributed by atoms with Crippen molar-refractivity contribution < 1.29 is 14.6 Å². The molecule has 1 heterocycles. The van der Waals surface area contributed by atoms with Crippen LogP contribution in [0.25, 0.3) is 10.2 Å². The van der Waals surface area contributed by atoms with Gasteiger partial charge in [0.15, 0.2) is 5.01 Å². The molecule has 4 rings (SSSR count). The maximum absolute atomic E-state index is 12.7. The van der Waals surface area contributed by atoms with Gasteiger partial charge in [-0.1, -0.05) is 18.2 Å². The Morgan fingerprint density at radius 3 is 2.38 bits per heavy atom. The first-order chi connectivity index (χ1) is 12.6. The van der Waals surface area contributed by atoms with Gasteiger partial charge < -0.3 is 9.84 Å². The largest absolute Gasteiger partial charge is 0.507 e. The zero-order valence-electron chi connectivity index (χ0n) is 13.3. The minimum absolute atomic E-state index is 0.101. The summed E-state index contributed by atoms with van der Waals surface area (Å²) in [5, 5.41) is 10.1. The van der Waals surface area contributed by atoms with Gasteiger partial charge in [-0.05, 0) is 64.5 Å². The Balaban J connectivity index is 1.59. The number of para-hydroxylation sites is 1. The van der Waals surface area contributed by atoms with E-state index in [1.54, 1.807) is 36.4 Å². The summed E-state index contributed by atoms with van der Waals surface area (Å²) in [6, 6.07) is 19.7. The van der Waals surface area contributed by atoms with Gasteiger partial charge in [-0.2, -0.15) is 0 Å². The van der Waals surface area contributed by atoms with Crippen LogP contribution in [-0.4, -0.2) is 15.9 Å². The molecule has 6 heteroatoms. The first-order valence-electron chi connectivity index (χ1n) is 7.77. The third-order valence-corrected chi connectivity index (χ3v) is 5.57. The molecule has 0 aliphatic heterocycles. The van der Waals surface area contributed by atoms with Crippen LogP contribution in [0.4, 0.5) is 0 Å². The molecule has 0 aliphatic carbocycles. The minimum atomic E-state index is -0.163. The van der Waals surface area contributed by atoms with Gasteiger partial charge in [-0.25, -0.2) is 4.98 Å². The highest BCUT2D eigenvalue weighted by Gasteiger charge is 2.17. The molecule has 0 fully saturated rings. The predicted molar refractivity (Wildman–Crippen MR) is 105 cm³/mol. The number of aromatic hydroxyl groups is 1. The van der Waals surface area contributed by atoms with E-state index in [9.17, 15) is 9.90 Å². The van der Waals surface area contributed by atoms with Crippen molar-refractivity contribution in [2.45, 2.75) is 0 Å². The van der Waals surface area contributed by atoms with E-state index in [1.165, 1.54) is 11.3 Å². The molecule has 3 aromatic carbocycles. The van der Waals surface area contributed by atoms with E-state index in [2.05, 4.69) is 20.9 Å². The van der Waals surface area contributed by atoms with Crippen LogP contribution in [0.3, 0.4) is 0 Å². The number of ether oxygens (including phenoxy) is 1. The van der Waals surface area contributed by atoms with Crippen LogP contribution < -0.4 is 4.74 Å². The Kier molecular flexibility index (Phi) is 4.44. The SMILES string of the molecule is O=C(c1ccc(Oc2ccccc2)cc1)c1nc2c(Br)c(O)ccc2s1. The predicted octanol–water partition coefficient (Wildman–Crippen LogP) is 5.79. The molecule has 0 spiro atoms. The molecular formula is C20H12BrNO3S. The minimum Gasteiger partial charge on any atom is -0.507 e. The summed E-state index contributed by atoms with van der Waals surface area (Å²) >= 11 is 4.60. The normalized spacial score (nSPS) is 10.8. The van der Waals surface area contributed by atoms with E-state index < -0.39 is 0 Å². The molecule has 0 atom stereocenters. The molecule has 128 valence electrons. The quantitative estimate of drug-likeness (QED) is 0.420. The lowest BCUT2D eigenvalue weighted by atomic mass is 10.1. The van der Waals surface area contributed by atoms with Crippen LogP contribution in [-0.2, 0) is 0 Å². The fraction of sp³-hybridized carbons (Fsp3) is 0. The number of halogens is 1. The number of nitrogens with zero attached hydrogens (tertiary/aromatic N) is 1. The summed E-state index contributed by atoms with van der Waals surface area (Å²) in [5.41, 5.74) is 1.12. The summed E-state index contributed by atoms with van der Waals surface area (Å²) in [6.45, 7) is 0. The second-order valence-corrected chi connectivity index (χ2v) is 7.36. The van der Waals surface area contributed by atoms with Crippen molar-refractivity contribution in [1.29, 1.82) is 0 Å². The van der Waals surface area contributed by atoms with Gasteiger partial charge in [0.2, 0.25) is 5.78 Å². The molecule has 0 radical (unpaired) electrons. The first-order valence-corrected chi connectivity index (χ1v) is 9.38. The molecule has 0 saturated carbocycles. The average molecular weight is 426 g/mol. The lowest BCUT2D eigenvalue weighted by molar-refractivity contribution is 0.103. The topological polar surface area (TPSA) is 59.4 Å². The standard InChI is InChI=1S/C20H12BrNO3S/c21-17-15(23)10-11-16-18(17)22-20(26-16)19(24)12-6-8-14(9-7-12)25-13-4-2-1-3-5-13/h1-11,23H. The van der Waals surface area contributed by atoms with Crippen molar-refractivity contribution in [2.75, 3.05) is 0 Å². The van der Waals surface area contributed by atoms with Crippen molar-refractivity contribution >= 4 is 43.3 Å². The van der Waals surface area contributed by atoms with E-state index >= 15 is 0 Å². The second kappa shape index (κ2) is 6.90. The number of hydrogen-bond acceptors (Lipinski definition) is 5. The van der Waals surface area contributed by atoms with Crippen LogP contribution in [0, 0.1) is 0 Å². The third kappa shape index (κ3) is 3.21. The smallest absolute Gasteiger partial charge is 0.221 e. The Hall–Kier alpha value is -2.70. The van der Waals surface area contributed by atoms with Gasteiger partial charge >= 0.3 is 0 Å². The number of rotatable bonds is 4. The highest BCUT2D eigenvalue weighted by atomic mass is 79.9. The number of benzene rings is 3. The Morgan fingerprint density at radius 2 is 1.65 bits per heavy atom. The number of phenolic OH excluding ortho intramolecular Hbond substituents is 1. The maximum Gasteiger partial charge on any atom is 0.221 e. The number of phenols is 1. The molecule has 1 aromatic heterocycles. The molecule has 0 bridgehead atoms. The van der Waals surface area contributed by atoms with Gasteiger partial charge in [0.05, 0.1) is 9.17 Å². The van der Waals surface area contributed by atoms with Crippen molar-refractivity contribution in [3.05, 3.63) is 81.8 Å². The van der Waals surface area contributed by atoms with Gasteiger partial charge in [0, 0.05) is 5.56 Å². The van der Waals surface area contributed by atoms with Gasteiger partial charge in [0.1, 0.15) is 22.8 Å². The highest BCUT2D eigenvalue weighted by molar-refractivity contribution is 9.10. The summed E-state index contributed by atoms with van der Waals surface area (Å²) in [4.78, 5) is 17.1. The Morgan fingerprint density at radius 1 is 0.962 bits per heavy atom. The number of carbonyl (C=O) groups excluding carboxylic acids is 1. The molecule has 1 N–H and O–H groups in total. The Labute approximate surface area is 161 Å². The van der Waals surface area contributed by atoms with Crippen molar-refractivity contribution in [2.24, 2.45) is 0 Å². The number of fused-ring (bicyclic) bond motifs is 1. The molecule has 0 unspecified atom stereocenters. The van der Waals surface area contributed by atoms with Crippen molar-refractivity contribution in [3.8, 4) is 17.2 Å². The number of ketones is 1. The number of thiazole rings is 1. The van der Waals surface area contributed by atoms with Gasteiger partial charge in [-0.3, -0.25) is 4.79 Å². The molecule has 4 nitrogen and oxygen atoms in total. The molecular weight excluding hydrogens is 414 g/mol. The monoisotopic (exact) mass is 425 g/mol. The second-order valence-electron chi connectivity index (χ2n) is 5.53. The maximum atomic E-state index is 12.7. The molecule has 0 saturated heterocycles. The van der Waals surface area contributed by atoms with Crippen LogP contribution in [0.1, 0.15) is 15.4 Å².